The fraction of sp³-hybridized carbons (Fsp3) is 0.0714. The van der Waals surface area contributed by atoms with Gasteiger partial charge < -0.3 is 9.90 Å². The summed E-state index contributed by atoms with van der Waals surface area (Å²) in [7, 11) is -3.92. The van der Waals surface area contributed by atoms with Gasteiger partial charge in [0, 0.05) is 0 Å². The lowest BCUT2D eigenvalue weighted by molar-refractivity contribution is -0.255. The van der Waals surface area contributed by atoms with Crippen LogP contribution in [0.4, 0.5) is 10.1 Å². The molecule has 0 aromatic heterocycles. The molecule has 2 rings (SSSR count). The number of halogens is 1. The molecule has 21 heavy (non-hydrogen) atoms. The monoisotopic (exact) mass is 308 g/mol. The molecule has 0 fully saturated rings. The average molecular weight is 308 g/mol. The van der Waals surface area contributed by atoms with Crippen LogP contribution in [0.15, 0.2) is 47.4 Å². The molecule has 0 saturated heterocycles. The highest BCUT2D eigenvalue weighted by Crippen LogP contribution is 2.19. The van der Waals surface area contributed by atoms with E-state index in [2.05, 4.69) is 4.72 Å². The number of carboxylic acid groups (broad SMARTS) is 1. The van der Waals surface area contributed by atoms with Crippen molar-refractivity contribution in [3.8, 4) is 0 Å². The summed E-state index contributed by atoms with van der Waals surface area (Å²) >= 11 is 0. The van der Waals surface area contributed by atoms with E-state index in [9.17, 15) is 22.7 Å². The van der Waals surface area contributed by atoms with Gasteiger partial charge in [-0.05, 0) is 42.3 Å². The van der Waals surface area contributed by atoms with Crippen LogP contribution in [-0.4, -0.2) is 14.4 Å². The summed E-state index contributed by atoms with van der Waals surface area (Å²) in [4.78, 5) is 10.5. The number of benzene rings is 2. The first-order chi connectivity index (χ1) is 9.79. The zero-order chi connectivity index (χ0) is 15.6. The van der Waals surface area contributed by atoms with Crippen LogP contribution >= 0.6 is 0 Å². The van der Waals surface area contributed by atoms with E-state index in [0.29, 0.717) is 5.56 Å². The van der Waals surface area contributed by atoms with E-state index in [-0.39, 0.29) is 16.1 Å². The Bertz CT molecular complexity index is 785. The van der Waals surface area contributed by atoms with E-state index < -0.39 is 21.8 Å². The standard InChI is InChI=1S/C14H12FNO4S/c1-9-2-5-11(8-13(9)15)16-21(19,20)12-6-3-10(4-7-12)14(17)18/h2-8,16H,1H3,(H,17,18)/p-1. The Labute approximate surface area is 121 Å². The predicted octanol–water partition coefficient (Wildman–Crippen LogP) is 1.30. The second kappa shape index (κ2) is 5.53. The van der Waals surface area contributed by atoms with Gasteiger partial charge in [-0.15, -0.1) is 0 Å². The summed E-state index contributed by atoms with van der Waals surface area (Å²) in [6, 6.07) is 8.48. The van der Waals surface area contributed by atoms with Crippen molar-refractivity contribution in [2.45, 2.75) is 11.8 Å². The molecule has 0 bridgehead atoms. The topological polar surface area (TPSA) is 86.3 Å². The number of nitrogens with one attached hydrogen (secondary N) is 1. The molecule has 0 spiro atoms. The molecule has 0 aliphatic heterocycles. The van der Waals surface area contributed by atoms with Gasteiger partial charge in [-0.3, -0.25) is 4.72 Å². The molecular weight excluding hydrogens is 297 g/mol. The molecule has 0 radical (unpaired) electrons. The van der Waals surface area contributed by atoms with Gasteiger partial charge in [-0.1, -0.05) is 18.2 Å². The summed E-state index contributed by atoms with van der Waals surface area (Å²) < 4.78 is 39.8. The van der Waals surface area contributed by atoms with Gasteiger partial charge in [0.15, 0.2) is 0 Å². The van der Waals surface area contributed by atoms with Gasteiger partial charge in [-0.2, -0.15) is 0 Å². The smallest absolute Gasteiger partial charge is 0.261 e. The first-order valence-corrected chi connectivity index (χ1v) is 7.38. The van der Waals surface area contributed by atoms with E-state index in [1.165, 1.54) is 12.1 Å². The maximum absolute atomic E-state index is 13.4. The first kappa shape index (κ1) is 15.0. The second-order valence-corrected chi connectivity index (χ2v) is 6.06. The van der Waals surface area contributed by atoms with Crippen LogP contribution in [0.3, 0.4) is 0 Å². The third-order valence-corrected chi connectivity index (χ3v) is 4.22. The van der Waals surface area contributed by atoms with Crippen molar-refractivity contribution in [1.82, 2.24) is 0 Å². The Hall–Kier alpha value is -2.41. The lowest BCUT2D eigenvalue weighted by atomic mass is 10.2. The fourth-order valence-electron chi connectivity index (χ4n) is 1.64. The Balaban J connectivity index is 2.29. The molecule has 0 aliphatic carbocycles. The van der Waals surface area contributed by atoms with Gasteiger partial charge in [0.2, 0.25) is 0 Å². The Morgan fingerprint density at radius 1 is 1.14 bits per heavy atom. The minimum absolute atomic E-state index is 0.0853. The Kier molecular flexibility index (Phi) is 3.95. The first-order valence-electron chi connectivity index (χ1n) is 5.90. The maximum atomic E-state index is 13.4. The van der Waals surface area contributed by atoms with E-state index in [4.69, 9.17) is 0 Å². The zero-order valence-corrected chi connectivity index (χ0v) is 11.8. The average Bonchev–Trinajstić information content (AvgIpc) is 2.43. The van der Waals surface area contributed by atoms with Crippen molar-refractivity contribution in [1.29, 1.82) is 0 Å². The predicted molar refractivity (Wildman–Crippen MR) is 72.7 cm³/mol. The molecule has 0 unspecified atom stereocenters. The summed E-state index contributed by atoms with van der Waals surface area (Å²) in [6.07, 6.45) is 0. The molecule has 0 amide bonds. The van der Waals surface area contributed by atoms with Crippen molar-refractivity contribution >= 4 is 21.7 Å². The molecule has 0 aliphatic rings. The number of carbonyl (C=O) groups excluding carboxylic acids is 1. The summed E-state index contributed by atoms with van der Waals surface area (Å²) in [6.45, 7) is 1.56. The minimum atomic E-state index is -3.92. The number of hydrogen-bond acceptors (Lipinski definition) is 4. The normalized spacial score (nSPS) is 11.1. The van der Waals surface area contributed by atoms with Crippen molar-refractivity contribution in [3.05, 3.63) is 59.4 Å². The molecule has 2 aromatic rings. The van der Waals surface area contributed by atoms with Crippen molar-refractivity contribution in [2.75, 3.05) is 4.72 Å². The summed E-state index contributed by atoms with van der Waals surface area (Å²) in [5, 5.41) is 10.6. The van der Waals surface area contributed by atoms with Crippen LogP contribution in [0.1, 0.15) is 15.9 Å². The van der Waals surface area contributed by atoms with Crippen molar-refractivity contribution < 1.29 is 22.7 Å². The molecule has 0 atom stereocenters. The highest BCUT2D eigenvalue weighted by Gasteiger charge is 2.14. The molecule has 5 nitrogen and oxygen atoms in total. The SMILES string of the molecule is Cc1ccc(NS(=O)(=O)c2ccc(C(=O)[O-])cc2)cc1F. The molecule has 0 heterocycles. The van der Waals surface area contributed by atoms with Gasteiger partial charge in [-0.25, -0.2) is 12.8 Å². The van der Waals surface area contributed by atoms with Crippen LogP contribution in [0.25, 0.3) is 0 Å². The maximum Gasteiger partial charge on any atom is 0.261 e. The number of anilines is 1. The lowest BCUT2D eigenvalue weighted by Gasteiger charge is -2.10. The third kappa shape index (κ3) is 3.38. The number of aryl methyl sites for hydroxylation is 1. The number of sulfonamides is 1. The van der Waals surface area contributed by atoms with E-state index in [1.54, 1.807) is 6.92 Å². The quantitative estimate of drug-likeness (QED) is 0.922. The van der Waals surface area contributed by atoms with E-state index in [0.717, 1.165) is 30.3 Å². The summed E-state index contributed by atoms with van der Waals surface area (Å²) in [5.41, 5.74) is 0.355. The molecule has 2 aromatic carbocycles. The number of aromatic carboxylic acids is 1. The van der Waals surface area contributed by atoms with Crippen LogP contribution in [0, 0.1) is 12.7 Å². The lowest BCUT2D eigenvalue weighted by Crippen LogP contribution is -2.22. The van der Waals surface area contributed by atoms with Gasteiger partial charge in [0.25, 0.3) is 10.0 Å². The molecule has 7 heteroatoms. The second-order valence-electron chi connectivity index (χ2n) is 4.38. The molecule has 1 N–H and O–H groups in total. The number of hydrogen-bond donors (Lipinski definition) is 1. The zero-order valence-electron chi connectivity index (χ0n) is 11.0. The van der Waals surface area contributed by atoms with Crippen LogP contribution in [0.2, 0.25) is 0 Å². The van der Waals surface area contributed by atoms with Crippen molar-refractivity contribution in [3.63, 3.8) is 0 Å². The van der Waals surface area contributed by atoms with Crippen LogP contribution in [0.5, 0.6) is 0 Å². The highest BCUT2D eigenvalue weighted by molar-refractivity contribution is 7.92. The van der Waals surface area contributed by atoms with Gasteiger partial charge in [0.05, 0.1) is 16.6 Å². The summed E-state index contributed by atoms with van der Waals surface area (Å²) in [5.74, 6) is -1.92. The number of rotatable bonds is 4. The van der Waals surface area contributed by atoms with Gasteiger partial charge >= 0.3 is 0 Å². The van der Waals surface area contributed by atoms with Gasteiger partial charge in [0.1, 0.15) is 5.82 Å². The molecule has 110 valence electrons. The largest absolute Gasteiger partial charge is 0.545 e. The Morgan fingerprint density at radius 3 is 2.29 bits per heavy atom. The number of carbonyl (C=O) groups is 1. The van der Waals surface area contributed by atoms with Crippen LogP contribution < -0.4 is 9.83 Å². The van der Waals surface area contributed by atoms with Crippen molar-refractivity contribution in [2.24, 2.45) is 0 Å². The Morgan fingerprint density at radius 2 is 1.76 bits per heavy atom. The van der Waals surface area contributed by atoms with E-state index in [1.807, 2.05) is 0 Å². The van der Waals surface area contributed by atoms with Crippen LogP contribution in [-0.2, 0) is 10.0 Å². The van der Waals surface area contributed by atoms with E-state index >= 15 is 0 Å². The third-order valence-electron chi connectivity index (χ3n) is 2.82. The number of carboxylic acids is 1. The molecular formula is C14H11FNO4S-. The minimum Gasteiger partial charge on any atom is -0.545 e. The fourth-order valence-corrected chi connectivity index (χ4v) is 2.69. The molecule has 0 saturated carbocycles. The highest BCUT2D eigenvalue weighted by atomic mass is 32.2.